The minimum absolute atomic E-state index is 0.518. The first-order valence-electron chi connectivity index (χ1n) is 3.84. The van der Waals surface area contributed by atoms with Gasteiger partial charge in [0.25, 0.3) is 0 Å². The van der Waals surface area contributed by atoms with E-state index < -0.39 is 6.10 Å². The number of nitrogens with zero attached hydrogens (tertiary/aromatic N) is 2. The Morgan fingerprint density at radius 3 is 2.92 bits per heavy atom. The van der Waals surface area contributed by atoms with Crippen molar-refractivity contribution < 1.29 is 9.52 Å². The molecular weight excluding hydrogens is 168 g/mol. The van der Waals surface area contributed by atoms with Gasteiger partial charge in [-0.25, -0.2) is 0 Å². The Balaban J connectivity index is 2.29. The highest BCUT2D eigenvalue weighted by molar-refractivity contribution is 5.19. The quantitative estimate of drug-likeness (QED) is 0.745. The van der Waals surface area contributed by atoms with Crippen LogP contribution in [-0.2, 0) is 0 Å². The van der Waals surface area contributed by atoms with Crippen LogP contribution in [-0.4, -0.2) is 15.1 Å². The molecule has 0 fully saturated rings. The average Bonchev–Trinajstić information content (AvgIpc) is 2.71. The van der Waals surface area contributed by atoms with Crippen LogP contribution < -0.4 is 0 Å². The molecule has 66 valence electrons. The zero-order chi connectivity index (χ0) is 9.10. The number of hydrogen-bond acceptors (Lipinski definition) is 4. The minimum Gasteiger partial charge on any atom is -0.472 e. The molecule has 1 N–H and O–H groups in total. The number of furan rings is 1. The van der Waals surface area contributed by atoms with Crippen LogP contribution in [0.3, 0.4) is 0 Å². The lowest BCUT2D eigenvalue weighted by atomic mass is 10.1. The fraction of sp³-hybridized carbons (Fsp3) is 0.111. The summed E-state index contributed by atoms with van der Waals surface area (Å²) in [5, 5.41) is 9.72. The summed E-state index contributed by atoms with van der Waals surface area (Å²) in [6.45, 7) is 0. The monoisotopic (exact) mass is 176 g/mol. The topological polar surface area (TPSA) is 59.2 Å². The summed E-state index contributed by atoms with van der Waals surface area (Å²) in [6, 6.07) is 1.69. The standard InChI is InChI=1S/C9H8N2O2/c12-9(7-1-4-13-6-7)8-5-10-2-3-11-8/h1-6,9,12H. The van der Waals surface area contributed by atoms with Gasteiger partial charge in [-0.1, -0.05) is 0 Å². The first-order chi connectivity index (χ1) is 6.38. The zero-order valence-corrected chi connectivity index (χ0v) is 6.79. The van der Waals surface area contributed by atoms with Gasteiger partial charge in [0.15, 0.2) is 0 Å². The molecule has 1 atom stereocenters. The molecule has 2 heterocycles. The maximum absolute atomic E-state index is 9.72. The molecule has 13 heavy (non-hydrogen) atoms. The fourth-order valence-corrected chi connectivity index (χ4v) is 1.05. The van der Waals surface area contributed by atoms with Crippen molar-refractivity contribution in [2.45, 2.75) is 6.10 Å². The van der Waals surface area contributed by atoms with Crippen LogP contribution in [0.5, 0.6) is 0 Å². The van der Waals surface area contributed by atoms with Crippen molar-refractivity contribution in [3.05, 3.63) is 48.4 Å². The molecule has 2 aromatic heterocycles. The first kappa shape index (κ1) is 7.94. The van der Waals surface area contributed by atoms with Gasteiger partial charge in [-0.2, -0.15) is 0 Å². The lowest BCUT2D eigenvalue weighted by Crippen LogP contribution is -2.00. The van der Waals surface area contributed by atoms with E-state index >= 15 is 0 Å². The fourth-order valence-electron chi connectivity index (χ4n) is 1.05. The number of aliphatic hydroxyl groups is 1. The van der Waals surface area contributed by atoms with E-state index in [1.807, 2.05) is 0 Å². The van der Waals surface area contributed by atoms with Crippen molar-refractivity contribution in [1.82, 2.24) is 9.97 Å². The second kappa shape index (κ2) is 3.37. The molecule has 0 bridgehead atoms. The van der Waals surface area contributed by atoms with Crippen LogP contribution in [0.25, 0.3) is 0 Å². The normalized spacial score (nSPS) is 12.7. The summed E-state index contributed by atoms with van der Waals surface area (Å²) in [6.07, 6.45) is 6.86. The van der Waals surface area contributed by atoms with Crippen molar-refractivity contribution in [2.24, 2.45) is 0 Å². The average molecular weight is 176 g/mol. The highest BCUT2D eigenvalue weighted by Gasteiger charge is 2.12. The molecule has 1 unspecified atom stereocenters. The van der Waals surface area contributed by atoms with Gasteiger partial charge in [0, 0.05) is 18.0 Å². The highest BCUT2D eigenvalue weighted by atomic mass is 16.3. The second-order valence-electron chi connectivity index (χ2n) is 2.59. The van der Waals surface area contributed by atoms with Crippen LogP contribution >= 0.6 is 0 Å². The molecule has 0 aliphatic heterocycles. The number of hydrogen-bond donors (Lipinski definition) is 1. The molecule has 4 nitrogen and oxygen atoms in total. The van der Waals surface area contributed by atoms with Gasteiger partial charge in [0.1, 0.15) is 6.10 Å². The van der Waals surface area contributed by atoms with Gasteiger partial charge in [0.2, 0.25) is 0 Å². The van der Waals surface area contributed by atoms with E-state index in [0.29, 0.717) is 11.3 Å². The molecule has 2 aromatic rings. The lowest BCUT2D eigenvalue weighted by molar-refractivity contribution is 0.214. The number of rotatable bonds is 2. The van der Waals surface area contributed by atoms with Crippen LogP contribution in [0.2, 0.25) is 0 Å². The van der Waals surface area contributed by atoms with Crippen LogP contribution in [0.1, 0.15) is 17.4 Å². The van der Waals surface area contributed by atoms with Crippen LogP contribution in [0.15, 0.2) is 41.6 Å². The molecule has 0 amide bonds. The van der Waals surface area contributed by atoms with E-state index in [1.54, 1.807) is 18.5 Å². The van der Waals surface area contributed by atoms with Gasteiger partial charge in [0.05, 0.1) is 24.4 Å². The summed E-state index contributed by atoms with van der Waals surface area (Å²) in [5.74, 6) is 0. The molecule has 0 saturated heterocycles. The predicted molar refractivity (Wildman–Crippen MR) is 44.8 cm³/mol. The Labute approximate surface area is 74.9 Å². The smallest absolute Gasteiger partial charge is 0.126 e. The molecule has 4 heteroatoms. The zero-order valence-electron chi connectivity index (χ0n) is 6.79. The van der Waals surface area contributed by atoms with Gasteiger partial charge in [-0.3, -0.25) is 9.97 Å². The lowest BCUT2D eigenvalue weighted by Gasteiger charge is -2.05. The third-order valence-corrected chi connectivity index (χ3v) is 1.72. The first-order valence-corrected chi connectivity index (χ1v) is 3.84. The summed E-state index contributed by atoms with van der Waals surface area (Å²) < 4.78 is 4.85. The van der Waals surface area contributed by atoms with Gasteiger partial charge in [-0.05, 0) is 6.07 Å². The molecule has 0 aliphatic carbocycles. The molecule has 0 spiro atoms. The van der Waals surface area contributed by atoms with E-state index in [0.717, 1.165) is 0 Å². The maximum atomic E-state index is 9.72. The Kier molecular flexibility index (Phi) is 2.06. The summed E-state index contributed by atoms with van der Waals surface area (Å²) in [4.78, 5) is 7.84. The van der Waals surface area contributed by atoms with E-state index in [1.165, 1.54) is 18.7 Å². The third-order valence-electron chi connectivity index (χ3n) is 1.72. The van der Waals surface area contributed by atoms with E-state index in [4.69, 9.17) is 4.42 Å². The van der Waals surface area contributed by atoms with Gasteiger partial charge in [-0.15, -0.1) is 0 Å². The van der Waals surface area contributed by atoms with Crippen molar-refractivity contribution in [2.75, 3.05) is 0 Å². The molecular formula is C9H8N2O2. The minimum atomic E-state index is -0.757. The number of aliphatic hydroxyl groups excluding tert-OH is 1. The molecule has 0 aromatic carbocycles. The summed E-state index contributed by atoms with van der Waals surface area (Å²) in [5.41, 5.74) is 1.20. The van der Waals surface area contributed by atoms with Gasteiger partial charge < -0.3 is 9.52 Å². The van der Waals surface area contributed by atoms with Gasteiger partial charge >= 0.3 is 0 Å². The van der Waals surface area contributed by atoms with E-state index in [9.17, 15) is 5.11 Å². The highest BCUT2D eigenvalue weighted by Crippen LogP contribution is 2.18. The Bertz CT molecular complexity index is 358. The maximum Gasteiger partial charge on any atom is 0.126 e. The Hall–Kier alpha value is -1.68. The Morgan fingerprint density at radius 1 is 1.38 bits per heavy atom. The Morgan fingerprint density at radius 2 is 2.31 bits per heavy atom. The molecule has 0 radical (unpaired) electrons. The van der Waals surface area contributed by atoms with E-state index in [2.05, 4.69) is 9.97 Å². The van der Waals surface area contributed by atoms with Crippen molar-refractivity contribution in [3.8, 4) is 0 Å². The molecule has 0 aliphatic rings. The summed E-state index contributed by atoms with van der Waals surface area (Å²) in [7, 11) is 0. The van der Waals surface area contributed by atoms with Crippen LogP contribution in [0.4, 0.5) is 0 Å². The predicted octanol–water partition coefficient (Wildman–Crippen LogP) is 1.15. The van der Waals surface area contributed by atoms with E-state index in [-0.39, 0.29) is 0 Å². The van der Waals surface area contributed by atoms with Crippen molar-refractivity contribution >= 4 is 0 Å². The third kappa shape index (κ3) is 1.57. The van der Waals surface area contributed by atoms with Crippen LogP contribution in [0, 0.1) is 0 Å². The number of aromatic nitrogens is 2. The van der Waals surface area contributed by atoms with Crippen molar-refractivity contribution in [1.29, 1.82) is 0 Å². The molecule has 0 saturated carbocycles. The largest absolute Gasteiger partial charge is 0.472 e. The van der Waals surface area contributed by atoms with Crippen molar-refractivity contribution in [3.63, 3.8) is 0 Å². The second-order valence-corrected chi connectivity index (χ2v) is 2.59. The molecule has 2 rings (SSSR count). The SMILES string of the molecule is OC(c1ccoc1)c1cnccn1. The summed E-state index contributed by atoms with van der Waals surface area (Å²) >= 11 is 0.